The van der Waals surface area contributed by atoms with Crippen LogP contribution in [0.15, 0.2) is 30.3 Å². The SMILES string of the molecule is CO[C@H]1CN(c2ccc3c(c2)OC[C@H](NC(=O)c2sc4nc(C)ccc4c2N)C3)CC[C@@H]1C. The zero-order valence-electron chi connectivity index (χ0n) is 19.3. The Balaban J connectivity index is 1.27. The van der Waals surface area contributed by atoms with Crippen molar-refractivity contribution in [1.82, 2.24) is 10.3 Å². The number of hydrogen-bond donors (Lipinski definition) is 2. The van der Waals surface area contributed by atoms with Crippen LogP contribution < -0.4 is 20.7 Å². The number of thiophene rings is 1. The molecule has 2 aliphatic heterocycles. The Labute approximate surface area is 197 Å². The van der Waals surface area contributed by atoms with Gasteiger partial charge in [0.15, 0.2) is 0 Å². The number of carbonyl (C=O) groups excluding carboxylic acids is 1. The first kappa shape index (κ1) is 22.0. The van der Waals surface area contributed by atoms with Crippen LogP contribution in [0.4, 0.5) is 11.4 Å². The van der Waals surface area contributed by atoms with E-state index in [4.69, 9.17) is 15.2 Å². The van der Waals surface area contributed by atoms with Crippen molar-refractivity contribution in [1.29, 1.82) is 0 Å². The van der Waals surface area contributed by atoms with Gasteiger partial charge < -0.3 is 25.4 Å². The molecule has 0 aliphatic carbocycles. The number of aryl methyl sites for hydroxylation is 1. The molecule has 3 N–H and O–H groups in total. The van der Waals surface area contributed by atoms with Crippen LogP contribution in [0.3, 0.4) is 0 Å². The van der Waals surface area contributed by atoms with Crippen molar-refractivity contribution in [2.75, 3.05) is 37.4 Å². The number of nitrogens with zero attached hydrogens (tertiary/aromatic N) is 2. The van der Waals surface area contributed by atoms with Crippen molar-refractivity contribution in [3.63, 3.8) is 0 Å². The van der Waals surface area contributed by atoms with Gasteiger partial charge in [0.1, 0.15) is 22.1 Å². The number of fused-ring (bicyclic) bond motifs is 2. The molecule has 3 atom stereocenters. The molecule has 2 aliphatic rings. The molecule has 174 valence electrons. The minimum Gasteiger partial charge on any atom is -0.491 e. The van der Waals surface area contributed by atoms with Crippen molar-refractivity contribution in [3.05, 3.63) is 46.5 Å². The van der Waals surface area contributed by atoms with Crippen LogP contribution >= 0.6 is 11.3 Å². The second-order valence-electron chi connectivity index (χ2n) is 9.11. The molecule has 8 heteroatoms. The molecule has 1 aromatic carbocycles. The van der Waals surface area contributed by atoms with E-state index in [0.717, 1.165) is 58.8 Å². The number of carbonyl (C=O) groups is 1. The normalized spacial score (nSPS) is 22.6. The number of rotatable bonds is 4. The second kappa shape index (κ2) is 8.83. The van der Waals surface area contributed by atoms with Gasteiger partial charge in [0, 0.05) is 43.0 Å². The highest BCUT2D eigenvalue weighted by atomic mass is 32.1. The molecular formula is C25H30N4O3S. The van der Waals surface area contributed by atoms with Gasteiger partial charge >= 0.3 is 0 Å². The van der Waals surface area contributed by atoms with E-state index < -0.39 is 0 Å². The lowest BCUT2D eigenvalue weighted by atomic mass is 9.95. The number of nitrogens with one attached hydrogen (secondary N) is 1. The van der Waals surface area contributed by atoms with E-state index in [1.807, 2.05) is 19.1 Å². The third kappa shape index (κ3) is 4.25. The van der Waals surface area contributed by atoms with Gasteiger partial charge in [0.2, 0.25) is 0 Å². The summed E-state index contributed by atoms with van der Waals surface area (Å²) in [6, 6.07) is 10.1. The van der Waals surface area contributed by atoms with E-state index >= 15 is 0 Å². The number of piperidine rings is 1. The lowest BCUT2D eigenvalue weighted by Crippen LogP contribution is -2.44. The highest BCUT2D eigenvalue weighted by Crippen LogP contribution is 2.34. The van der Waals surface area contributed by atoms with Gasteiger partial charge in [0.25, 0.3) is 5.91 Å². The molecule has 4 heterocycles. The molecule has 0 bridgehead atoms. The molecule has 0 unspecified atom stereocenters. The maximum absolute atomic E-state index is 13.0. The topological polar surface area (TPSA) is 89.7 Å². The summed E-state index contributed by atoms with van der Waals surface area (Å²) in [5.41, 5.74) is 9.91. The van der Waals surface area contributed by atoms with Crippen LogP contribution in [0.5, 0.6) is 5.75 Å². The van der Waals surface area contributed by atoms with Crippen molar-refractivity contribution < 1.29 is 14.3 Å². The molecule has 0 radical (unpaired) electrons. The van der Waals surface area contributed by atoms with Crippen LogP contribution in [-0.2, 0) is 11.2 Å². The molecule has 1 amide bonds. The predicted octanol–water partition coefficient (Wildman–Crippen LogP) is 3.78. The summed E-state index contributed by atoms with van der Waals surface area (Å²) in [5.74, 6) is 1.29. The third-order valence-electron chi connectivity index (χ3n) is 6.79. The van der Waals surface area contributed by atoms with Gasteiger partial charge in [0.05, 0.1) is 17.8 Å². The number of anilines is 2. The van der Waals surface area contributed by atoms with Gasteiger partial charge in [-0.2, -0.15) is 0 Å². The van der Waals surface area contributed by atoms with Gasteiger partial charge in [-0.25, -0.2) is 4.98 Å². The smallest absolute Gasteiger partial charge is 0.263 e. The van der Waals surface area contributed by atoms with Crippen molar-refractivity contribution in [3.8, 4) is 5.75 Å². The number of pyridine rings is 1. The summed E-state index contributed by atoms with van der Waals surface area (Å²) < 4.78 is 11.7. The molecule has 1 fully saturated rings. The number of methoxy groups -OCH3 is 1. The Morgan fingerprint density at radius 3 is 3.00 bits per heavy atom. The van der Waals surface area contributed by atoms with E-state index in [1.54, 1.807) is 7.11 Å². The van der Waals surface area contributed by atoms with Crippen molar-refractivity contribution >= 4 is 38.8 Å². The fourth-order valence-corrected chi connectivity index (χ4v) is 5.78. The molecule has 1 saturated heterocycles. The van der Waals surface area contributed by atoms with E-state index in [2.05, 4.69) is 40.3 Å². The van der Waals surface area contributed by atoms with E-state index in [9.17, 15) is 4.79 Å². The first-order valence-electron chi connectivity index (χ1n) is 11.4. The average molecular weight is 467 g/mol. The Bertz CT molecular complexity index is 1190. The highest BCUT2D eigenvalue weighted by molar-refractivity contribution is 7.21. The maximum atomic E-state index is 13.0. The number of nitrogens with two attached hydrogens (primary N) is 1. The van der Waals surface area contributed by atoms with Gasteiger partial charge in [-0.3, -0.25) is 4.79 Å². The first-order valence-corrected chi connectivity index (χ1v) is 12.2. The highest BCUT2D eigenvalue weighted by Gasteiger charge is 2.28. The number of ether oxygens (including phenoxy) is 2. The Morgan fingerprint density at radius 1 is 1.33 bits per heavy atom. The van der Waals surface area contributed by atoms with Crippen molar-refractivity contribution in [2.45, 2.75) is 38.8 Å². The van der Waals surface area contributed by atoms with E-state index in [0.29, 0.717) is 23.1 Å². The molecule has 0 spiro atoms. The molecular weight excluding hydrogens is 436 g/mol. The number of nitrogen functional groups attached to an aromatic ring is 1. The maximum Gasteiger partial charge on any atom is 0.263 e. The first-order chi connectivity index (χ1) is 15.9. The third-order valence-corrected chi connectivity index (χ3v) is 7.90. The fourth-order valence-electron chi connectivity index (χ4n) is 4.73. The van der Waals surface area contributed by atoms with Crippen LogP contribution in [0.2, 0.25) is 0 Å². The fraction of sp³-hybridized carbons (Fsp3) is 0.440. The monoisotopic (exact) mass is 466 g/mol. The van der Waals surface area contributed by atoms with Gasteiger partial charge in [-0.05, 0) is 49.4 Å². The summed E-state index contributed by atoms with van der Waals surface area (Å²) >= 11 is 1.34. The zero-order valence-corrected chi connectivity index (χ0v) is 20.1. The molecule has 0 saturated carbocycles. The summed E-state index contributed by atoms with van der Waals surface area (Å²) in [5, 5.41) is 3.93. The van der Waals surface area contributed by atoms with Gasteiger partial charge in [-0.1, -0.05) is 13.0 Å². The lowest BCUT2D eigenvalue weighted by Gasteiger charge is -2.38. The standard InChI is InChI=1S/C25H30N4O3S/c1-14-8-9-29(12-21(14)31-3)18-6-5-16-10-17(13-32-20(16)11-18)28-24(30)23-22(26)19-7-4-15(2)27-25(19)33-23/h4-7,11,14,17,21H,8-10,12-13,26H2,1-3H3,(H,28,30)/t14-,17+,21-/m0/s1. The zero-order chi connectivity index (χ0) is 23.1. The second-order valence-corrected chi connectivity index (χ2v) is 10.1. The van der Waals surface area contributed by atoms with Crippen LogP contribution in [0.25, 0.3) is 10.2 Å². The largest absolute Gasteiger partial charge is 0.491 e. The molecule has 2 aromatic heterocycles. The van der Waals surface area contributed by atoms with E-state index in [1.165, 1.54) is 11.3 Å². The Kier molecular flexibility index (Phi) is 5.88. The summed E-state index contributed by atoms with van der Waals surface area (Å²) in [4.78, 5) is 21.1. The van der Waals surface area contributed by atoms with Gasteiger partial charge in [-0.15, -0.1) is 11.3 Å². The van der Waals surface area contributed by atoms with Crippen LogP contribution in [-0.4, -0.2) is 49.8 Å². The van der Waals surface area contributed by atoms with Crippen LogP contribution in [0.1, 0.15) is 34.3 Å². The molecule has 33 heavy (non-hydrogen) atoms. The molecule has 3 aromatic rings. The minimum absolute atomic E-state index is 0.108. The molecule has 5 rings (SSSR count). The quantitative estimate of drug-likeness (QED) is 0.608. The Morgan fingerprint density at radius 2 is 2.18 bits per heavy atom. The summed E-state index contributed by atoms with van der Waals surface area (Å²) in [7, 11) is 1.79. The lowest BCUT2D eigenvalue weighted by molar-refractivity contribution is 0.0498. The van der Waals surface area contributed by atoms with Crippen LogP contribution in [0, 0.1) is 12.8 Å². The minimum atomic E-state index is -0.171. The number of benzene rings is 1. The molecule has 7 nitrogen and oxygen atoms in total. The van der Waals surface area contributed by atoms with E-state index in [-0.39, 0.29) is 18.1 Å². The summed E-state index contributed by atoms with van der Waals surface area (Å²) in [6.45, 7) is 6.52. The van der Waals surface area contributed by atoms with Crippen molar-refractivity contribution in [2.24, 2.45) is 5.92 Å². The number of amides is 1. The predicted molar refractivity (Wildman–Crippen MR) is 132 cm³/mol. The Hall–Kier alpha value is -2.84. The number of aromatic nitrogens is 1. The summed E-state index contributed by atoms with van der Waals surface area (Å²) in [6.07, 6.45) is 2.08. The number of hydrogen-bond acceptors (Lipinski definition) is 7. The average Bonchev–Trinajstić information content (AvgIpc) is 3.14.